The number of nitrogen functional groups attached to an aromatic ring is 1. The topological polar surface area (TPSA) is 26.0 Å². The van der Waals surface area contributed by atoms with E-state index in [4.69, 9.17) is 5.73 Å². The molecule has 1 aromatic carbocycles. The van der Waals surface area contributed by atoms with Crippen molar-refractivity contribution in [1.82, 2.24) is 0 Å². The molecule has 12 heavy (non-hydrogen) atoms. The molecule has 0 unspecified atom stereocenters. The average Bonchev–Trinajstić information content (AvgIpc) is 2.56. The van der Waals surface area contributed by atoms with Crippen LogP contribution in [0.25, 0.3) is 0 Å². The lowest BCUT2D eigenvalue weighted by atomic mass is 10.0. The largest absolute Gasteiger partial charge is 0.399 e. The Bertz CT molecular complexity index is 325. The zero-order valence-electron chi connectivity index (χ0n) is 6.77. The fraction of sp³-hybridized carbons (Fsp3) is 0.0909. The summed E-state index contributed by atoms with van der Waals surface area (Å²) in [6.45, 7) is 0. The Hall–Kier alpha value is -1.50. The molecule has 0 amide bonds. The van der Waals surface area contributed by atoms with Gasteiger partial charge in [-0.15, -0.1) is 0 Å². The fourth-order valence-corrected chi connectivity index (χ4v) is 1.42. The summed E-state index contributed by atoms with van der Waals surface area (Å²) >= 11 is 0. The third kappa shape index (κ3) is 1.26. The minimum atomic E-state index is 0.425. The Morgan fingerprint density at radius 3 is 2.50 bits per heavy atom. The molecule has 1 aliphatic rings. The Labute approximate surface area is 72.2 Å². The van der Waals surface area contributed by atoms with Crippen molar-refractivity contribution in [3.05, 3.63) is 54.1 Å². The van der Waals surface area contributed by atoms with Crippen LogP contribution in [-0.2, 0) is 0 Å². The molecule has 1 aromatic rings. The Balaban J connectivity index is 2.34. The van der Waals surface area contributed by atoms with Gasteiger partial charge in [0.2, 0.25) is 0 Å². The lowest BCUT2D eigenvalue weighted by molar-refractivity contribution is 1.11. The van der Waals surface area contributed by atoms with Crippen LogP contribution in [0.1, 0.15) is 11.5 Å². The maximum absolute atomic E-state index is 5.68. The quantitative estimate of drug-likeness (QED) is 0.623. The molecule has 2 N–H and O–H groups in total. The maximum atomic E-state index is 5.68. The first-order valence-electron chi connectivity index (χ1n) is 4.07. The summed E-state index contributed by atoms with van der Waals surface area (Å²) in [5, 5.41) is 0. The van der Waals surface area contributed by atoms with E-state index in [1.165, 1.54) is 5.56 Å². The van der Waals surface area contributed by atoms with Crippen molar-refractivity contribution in [3.63, 3.8) is 0 Å². The first-order valence-corrected chi connectivity index (χ1v) is 4.07. The van der Waals surface area contributed by atoms with Gasteiger partial charge in [0.05, 0.1) is 0 Å². The van der Waals surface area contributed by atoms with Crippen molar-refractivity contribution >= 4 is 5.69 Å². The second kappa shape index (κ2) is 2.86. The molecular weight excluding hydrogens is 146 g/mol. The van der Waals surface area contributed by atoms with E-state index in [0.29, 0.717) is 5.92 Å². The molecule has 0 saturated heterocycles. The van der Waals surface area contributed by atoms with Crippen LogP contribution in [0.15, 0.2) is 48.6 Å². The zero-order valence-corrected chi connectivity index (χ0v) is 6.77. The number of nitrogens with two attached hydrogens (primary N) is 1. The van der Waals surface area contributed by atoms with Gasteiger partial charge in [-0.3, -0.25) is 0 Å². The van der Waals surface area contributed by atoms with Crippen LogP contribution in [0.3, 0.4) is 0 Å². The minimum absolute atomic E-state index is 0.425. The predicted octanol–water partition coefficient (Wildman–Crippen LogP) is 2.48. The van der Waals surface area contributed by atoms with Crippen LogP contribution < -0.4 is 5.73 Å². The molecule has 2 rings (SSSR count). The molecule has 60 valence electrons. The summed E-state index contributed by atoms with van der Waals surface area (Å²) in [5.74, 6) is 0.425. The lowest BCUT2D eigenvalue weighted by Gasteiger charge is -2.05. The third-order valence-electron chi connectivity index (χ3n) is 2.04. The monoisotopic (exact) mass is 157 g/mol. The molecule has 0 bridgehead atoms. The second-order valence-corrected chi connectivity index (χ2v) is 2.97. The maximum Gasteiger partial charge on any atom is 0.0317 e. The standard InChI is InChI=1S/C11H11N/c12-11-7-3-6-10(8-11)9-4-1-2-5-9/h1-9H,12H2. The summed E-state index contributed by atoms with van der Waals surface area (Å²) in [6, 6.07) is 8.02. The average molecular weight is 157 g/mol. The first kappa shape index (κ1) is 7.17. The number of hydrogen-bond donors (Lipinski definition) is 1. The van der Waals surface area contributed by atoms with Crippen LogP contribution in [0.5, 0.6) is 0 Å². The number of hydrogen-bond acceptors (Lipinski definition) is 1. The van der Waals surface area contributed by atoms with E-state index in [1.807, 2.05) is 18.2 Å². The number of rotatable bonds is 1. The molecule has 1 heteroatoms. The van der Waals surface area contributed by atoms with Gasteiger partial charge in [0.1, 0.15) is 0 Å². The highest BCUT2D eigenvalue weighted by molar-refractivity contribution is 5.45. The minimum Gasteiger partial charge on any atom is -0.399 e. The van der Waals surface area contributed by atoms with Gasteiger partial charge in [-0.25, -0.2) is 0 Å². The van der Waals surface area contributed by atoms with Gasteiger partial charge in [-0.1, -0.05) is 36.4 Å². The van der Waals surface area contributed by atoms with Crippen LogP contribution in [-0.4, -0.2) is 0 Å². The lowest BCUT2D eigenvalue weighted by Crippen LogP contribution is -1.91. The Morgan fingerprint density at radius 2 is 1.83 bits per heavy atom. The van der Waals surface area contributed by atoms with Gasteiger partial charge in [-0.05, 0) is 17.7 Å². The van der Waals surface area contributed by atoms with Gasteiger partial charge in [0.15, 0.2) is 0 Å². The van der Waals surface area contributed by atoms with E-state index in [0.717, 1.165) is 5.69 Å². The summed E-state index contributed by atoms with van der Waals surface area (Å²) < 4.78 is 0. The molecule has 0 radical (unpaired) electrons. The van der Waals surface area contributed by atoms with Gasteiger partial charge in [-0.2, -0.15) is 0 Å². The molecule has 0 aliphatic heterocycles. The van der Waals surface area contributed by atoms with Crippen LogP contribution >= 0.6 is 0 Å². The van der Waals surface area contributed by atoms with Crippen molar-refractivity contribution in [2.75, 3.05) is 5.73 Å². The van der Waals surface area contributed by atoms with Crippen molar-refractivity contribution in [1.29, 1.82) is 0 Å². The number of allylic oxidation sites excluding steroid dienone is 4. The highest BCUT2D eigenvalue weighted by Gasteiger charge is 2.05. The fourth-order valence-electron chi connectivity index (χ4n) is 1.42. The van der Waals surface area contributed by atoms with Crippen molar-refractivity contribution in [3.8, 4) is 0 Å². The van der Waals surface area contributed by atoms with Crippen LogP contribution in [0.4, 0.5) is 5.69 Å². The number of benzene rings is 1. The SMILES string of the molecule is Nc1cccc(C2C=CC=C2)c1. The van der Waals surface area contributed by atoms with E-state index >= 15 is 0 Å². The van der Waals surface area contributed by atoms with Crippen molar-refractivity contribution in [2.24, 2.45) is 0 Å². The third-order valence-corrected chi connectivity index (χ3v) is 2.04. The normalized spacial score (nSPS) is 15.7. The summed E-state index contributed by atoms with van der Waals surface area (Å²) in [5.41, 5.74) is 7.78. The molecule has 0 atom stereocenters. The highest BCUT2D eigenvalue weighted by Crippen LogP contribution is 2.23. The molecule has 0 aromatic heterocycles. The predicted molar refractivity (Wildman–Crippen MR) is 51.9 cm³/mol. The second-order valence-electron chi connectivity index (χ2n) is 2.97. The van der Waals surface area contributed by atoms with E-state index in [1.54, 1.807) is 0 Å². The summed E-state index contributed by atoms with van der Waals surface area (Å²) in [4.78, 5) is 0. The van der Waals surface area contributed by atoms with Gasteiger partial charge >= 0.3 is 0 Å². The van der Waals surface area contributed by atoms with Gasteiger partial charge < -0.3 is 5.73 Å². The van der Waals surface area contributed by atoms with Gasteiger partial charge in [0.25, 0.3) is 0 Å². The Kier molecular flexibility index (Phi) is 1.71. The first-order chi connectivity index (χ1) is 5.86. The van der Waals surface area contributed by atoms with Crippen molar-refractivity contribution < 1.29 is 0 Å². The molecule has 0 heterocycles. The molecule has 1 nitrogen and oxygen atoms in total. The number of anilines is 1. The Morgan fingerprint density at radius 1 is 1.08 bits per heavy atom. The van der Waals surface area contributed by atoms with Crippen LogP contribution in [0.2, 0.25) is 0 Å². The van der Waals surface area contributed by atoms with E-state index < -0.39 is 0 Å². The van der Waals surface area contributed by atoms with E-state index in [9.17, 15) is 0 Å². The molecule has 0 fully saturated rings. The molecule has 0 saturated carbocycles. The molecular formula is C11H11N. The van der Waals surface area contributed by atoms with Crippen LogP contribution in [0, 0.1) is 0 Å². The van der Waals surface area contributed by atoms with E-state index in [-0.39, 0.29) is 0 Å². The van der Waals surface area contributed by atoms with Gasteiger partial charge in [0, 0.05) is 11.6 Å². The van der Waals surface area contributed by atoms with Crippen molar-refractivity contribution in [2.45, 2.75) is 5.92 Å². The smallest absolute Gasteiger partial charge is 0.0317 e. The summed E-state index contributed by atoms with van der Waals surface area (Å²) in [7, 11) is 0. The zero-order chi connectivity index (χ0) is 8.39. The van der Waals surface area contributed by atoms with E-state index in [2.05, 4.69) is 30.4 Å². The molecule has 0 spiro atoms. The highest BCUT2D eigenvalue weighted by atomic mass is 14.5. The summed E-state index contributed by atoms with van der Waals surface area (Å²) in [6.07, 6.45) is 8.45. The molecule has 1 aliphatic carbocycles.